The van der Waals surface area contributed by atoms with Crippen molar-refractivity contribution in [1.29, 1.82) is 0 Å². The quantitative estimate of drug-likeness (QED) is 0.876. The summed E-state index contributed by atoms with van der Waals surface area (Å²) in [5.41, 5.74) is 5.93. The summed E-state index contributed by atoms with van der Waals surface area (Å²) >= 11 is 0. The average molecular weight is 258 g/mol. The molecule has 0 aliphatic carbocycles. The number of morpholine rings is 1. The number of anilines is 1. The Bertz CT molecular complexity index is 567. The maximum absolute atomic E-state index is 5.93. The van der Waals surface area contributed by atoms with Gasteiger partial charge in [0, 0.05) is 29.9 Å². The molecule has 1 fully saturated rings. The fourth-order valence-corrected chi connectivity index (χ4v) is 2.43. The number of rotatable bonds is 2. The van der Waals surface area contributed by atoms with Crippen molar-refractivity contribution in [3.63, 3.8) is 0 Å². The lowest BCUT2D eigenvalue weighted by Crippen LogP contribution is -2.50. The van der Waals surface area contributed by atoms with Crippen LogP contribution in [0.25, 0.3) is 10.8 Å². The molecule has 0 amide bonds. The molecule has 2 heterocycles. The zero-order valence-electron chi connectivity index (χ0n) is 11.0. The molecule has 0 radical (unpaired) electrons. The van der Waals surface area contributed by atoms with Crippen molar-refractivity contribution in [3.05, 3.63) is 30.5 Å². The van der Waals surface area contributed by atoms with Gasteiger partial charge >= 0.3 is 0 Å². The van der Waals surface area contributed by atoms with Gasteiger partial charge in [0.2, 0.25) is 0 Å². The Morgan fingerprint density at radius 1 is 1.42 bits per heavy atom. The van der Waals surface area contributed by atoms with Gasteiger partial charge in [-0.25, -0.2) is 0 Å². The van der Waals surface area contributed by atoms with E-state index in [9.17, 15) is 0 Å². The molecular weight excluding hydrogens is 240 g/mol. The Balaban J connectivity index is 1.95. The lowest BCUT2D eigenvalue weighted by molar-refractivity contribution is 0.0274. The fraction of sp³-hybridized carbons (Fsp3) is 0.429. The molecule has 5 nitrogen and oxygen atoms in total. The van der Waals surface area contributed by atoms with Crippen LogP contribution in [-0.2, 0) is 4.74 Å². The summed E-state index contributed by atoms with van der Waals surface area (Å²) in [6.45, 7) is 4.24. The topological polar surface area (TPSA) is 64.3 Å². The number of nitrogens with two attached hydrogens (primary N) is 1. The summed E-state index contributed by atoms with van der Waals surface area (Å²) in [5.74, 6) is 0.923. The van der Waals surface area contributed by atoms with E-state index in [1.807, 2.05) is 19.1 Å². The summed E-state index contributed by atoms with van der Waals surface area (Å²) in [6, 6.07) is 8.19. The first-order valence-corrected chi connectivity index (χ1v) is 6.58. The molecule has 0 spiro atoms. The predicted octanol–water partition coefficient (Wildman–Crippen LogP) is 1.18. The van der Waals surface area contributed by atoms with Crippen LogP contribution in [0.1, 0.15) is 6.92 Å². The SMILES string of the molecule is CC(N)C1CN(c2nncc3ccccc23)CCO1. The van der Waals surface area contributed by atoms with Gasteiger partial charge in [-0.15, -0.1) is 5.10 Å². The second-order valence-corrected chi connectivity index (χ2v) is 4.97. The van der Waals surface area contributed by atoms with Crippen molar-refractivity contribution >= 4 is 16.6 Å². The highest BCUT2D eigenvalue weighted by atomic mass is 16.5. The van der Waals surface area contributed by atoms with Gasteiger partial charge in [-0.05, 0) is 6.92 Å². The molecule has 2 N–H and O–H groups in total. The molecule has 2 unspecified atom stereocenters. The van der Waals surface area contributed by atoms with Gasteiger partial charge in [0.25, 0.3) is 0 Å². The molecule has 2 atom stereocenters. The number of nitrogens with zero attached hydrogens (tertiary/aromatic N) is 3. The minimum atomic E-state index is 0.0192. The summed E-state index contributed by atoms with van der Waals surface area (Å²) in [5, 5.41) is 10.6. The van der Waals surface area contributed by atoms with E-state index >= 15 is 0 Å². The van der Waals surface area contributed by atoms with Crippen LogP contribution in [-0.4, -0.2) is 42.0 Å². The number of ether oxygens (including phenoxy) is 1. The van der Waals surface area contributed by atoms with Gasteiger partial charge in [-0.3, -0.25) is 0 Å². The normalized spacial score (nSPS) is 21.6. The third-order valence-electron chi connectivity index (χ3n) is 3.53. The highest BCUT2D eigenvalue weighted by Gasteiger charge is 2.25. The van der Waals surface area contributed by atoms with E-state index < -0.39 is 0 Å². The first kappa shape index (κ1) is 12.3. The maximum Gasteiger partial charge on any atom is 0.159 e. The van der Waals surface area contributed by atoms with Crippen LogP contribution >= 0.6 is 0 Å². The van der Waals surface area contributed by atoms with E-state index in [-0.39, 0.29) is 12.1 Å². The fourth-order valence-electron chi connectivity index (χ4n) is 2.43. The highest BCUT2D eigenvalue weighted by Crippen LogP contribution is 2.24. The van der Waals surface area contributed by atoms with Gasteiger partial charge in [0.1, 0.15) is 0 Å². The molecule has 2 aromatic rings. The molecular formula is C14H18N4O. The standard InChI is InChI=1S/C14H18N4O/c1-10(15)13-9-18(6-7-19-13)14-12-5-3-2-4-11(12)8-16-17-14/h2-5,8,10,13H,6-7,9,15H2,1H3. The Kier molecular flexibility index (Phi) is 3.31. The molecule has 5 heteroatoms. The number of hydrogen-bond donors (Lipinski definition) is 1. The van der Waals surface area contributed by atoms with Gasteiger partial charge in [-0.2, -0.15) is 5.10 Å². The Hall–Kier alpha value is -1.72. The van der Waals surface area contributed by atoms with Crippen molar-refractivity contribution in [2.75, 3.05) is 24.6 Å². The molecule has 3 rings (SSSR count). The van der Waals surface area contributed by atoms with E-state index in [2.05, 4.69) is 27.2 Å². The molecule has 1 saturated heterocycles. The molecule has 19 heavy (non-hydrogen) atoms. The van der Waals surface area contributed by atoms with Crippen molar-refractivity contribution in [2.45, 2.75) is 19.1 Å². The van der Waals surface area contributed by atoms with Crippen LogP contribution in [0.4, 0.5) is 5.82 Å². The van der Waals surface area contributed by atoms with Gasteiger partial charge < -0.3 is 15.4 Å². The monoisotopic (exact) mass is 258 g/mol. The maximum atomic E-state index is 5.93. The van der Waals surface area contributed by atoms with E-state index in [0.717, 1.165) is 29.7 Å². The van der Waals surface area contributed by atoms with Crippen LogP contribution < -0.4 is 10.6 Å². The number of fused-ring (bicyclic) bond motifs is 1. The van der Waals surface area contributed by atoms with Crippen LogP contribution in [0, 0.1) is 0 Å². The van der Waals surface area contributed by atoms with E-state index in [4.69, 9.17) is 10.5 Å². The molecule has 100 valence electrons. The highest BCUT2D eigenvalue weighted by molar-refractivity contribution is 5.91. The summed E-state index contributed by atoms with van der Waals surface area (Å²) in [6.07, 6.45) is 1.84. The van der Waals surface area contributed by atoms with Crippen molar-refractivity contribution < 1.29 is 4.74 Å². The molecule has 0 bridgehead atoms. The summed E-state index contributed by atoms with van der Waals surface area (Å²) < 4.78 is 5.69. The third kappa shape index (κ3) is 2.39. The third-order valence-corrected chi connectivity index (χ3v) is 3.53. The summed E-state index contributed by atoms with van der Waals surface area (Å²) in [7, 11) is 0. The Morgan fingerprint density at radius 2 is 2.26 bits per heavy atom. The Morgan fingerprint density at radius 3 is 3.11 bits per heavy atom. The lowest BCUT2D eigenvalue weighted by Gasteiger charge is -2.35. The van der Waals surface area contributed by atoms with Crippen molar-refractivity contribution in [1.82, 2.24) is 10.2 Å². The molecule has 1 aliphatic heterocycles. The molecule has 1 aliphatic rings. The lowest BCUT2D eigenvalue weighted by atomic mass is 10.1. The number of hydrogen-bond acceptors (Lipinski definition) is 5. The van der Waals surface area contributed by atoms with E-state index in [0.29, 0.717) is 6.61 Å². The van der Waals surface area contributed by atoms with Gasteiger partial charge in [0.05, 0.1) is 18.9 Å². The van der Waals surface area contributed by atoms with Gasteiger partial charge in [0.15, 0.2) is 5.82 Å². The van der Waals surface area contributed by atoms with Crippen LogP contribution in [0.15, 0.2) is 30.5 Å². The average Bonchev–Trinajstić information content (AvgIpc) is 2.47. The second kappa shape index (κ2) is 5.11. The summed E-state index contributed by atoms with van der Waals surface area (Å²) in [4.78, 5) is 2.22. The van der Waals surface area contributed by atoms with Crippen LogP contribution in [0.3, 0.4) is 0 Å². The Labute approximate surface area is 112 Å². The molecule has 1 aromatic carbocycles. The largest absolute Gasteiger partial charge is 0.373 e. The van der Waals surface area contributed by atoms with Crippen molar-refractivity contribution in [2.24, 2.45) is 5.73 Å². The van der Waals surface area contributed by atoms with Crippen LogP contribution in [0.5, 0.6) is 0 Å². The predicted molar refractivity (Wildman–Crippen MR) is 75.1 cm³/mol. The first-order valence-electron chi connectivity index (χ1n) is 6.58. The van der Waals surface area contributed by atoms with Gasteiger partial charge in [-0.1, -0.05) is 24.3 Å². The number of aromatic nitrogens is 2. The minimum Gasteiger partial charge on any atom is -0.373 e. The zero-order chi connectivity index (χ0) is 13.2. The van der Waals surface area contributed by atoms with Crippen molar-refractivity contribution in [3.8, 4) is 0 Å². The smallest absolute Gasteiger partial charge is 0.159 e. The molecule has 0 saturated carbocycles. The minimum absolute atomic E-state index is 0.0192. The zero-order valence-corrected chi connectivity index (χ0v) is 11.0. The second-order valence-electron chi connectivity index (χ2n) is 4.97. The first-order chi connectivity index (χ1) is 9.25. The van der Waals surface area contributed by atoms with E-state index in [1.165, 1.54) is 0 Å². The van der Waals surface area contributed by atoms with E-state index in [1.54, 1.807) is 6.20 Å². The van der Waals surface area contributed by atoms with Crippen LogP contribution in [0.2, 0.25) is 0 Å². The number of benzene rings is 1. The molecule has 1 aromatic heterocycles.